The molecule has 0 aromatic rings. The predicted octanol–water partition coefficient (Wildman–Crippen LogP) is 0.973. The molecule has 0 saturated carbocycles. The first-order chi connectivity index (χ1) is 8.32. The normalized spacial score (nSPS) is 12.4. The van der Waals surface area contributed by atoms with Crippen LogP contribution in [0, 0.1) is 12.3 Å². The predicted molar refractivity (Wildman–Crippen MR) is 59.4 cm³/mol. The molecule has 0 spiro atoms. The van der Waals surface area contributed by atoms with Crippen LogP contribution in [0.4, 0.5) is 13.2 Å². The molecule has 0 radical (unpaired) electrons. The molecule has 2 N–H and O–H groups in total. The van der Waals surface area contributed by atoms with Crippen LogP contribution in [-0.2, 0) is 9.59 Å². The summed E-state index contributed by atoms with van der Waals surface area (Å²) in [6, 6.07) is -1.19. The van der Waals surface area contributed by atoms with Crippen molar-refractivity contribution in [1.82, 2.24) is 10.6 Å². The summed E-state index contributed by atoms with van der Waals surface area (Å²) in [5, 5.41) is 4.04. The second-order valence-electron chi connectivity index (χ2n) is 3.53. The van der Waals surface area contributed by atoms with E-state index in [-0.39, 0.29) is 13.0 Å². The fourth-order valence-electron chi connectivity index (χ4n) is 1.12. The fourth-order valence-corrected chi connectivity index (χ4v) is 1.12. The Morgan fingerprint density at radius 2 is 2.00 bits per heavy atom. The topological polar surface area (TPSA) is 58.2 Å². The van der Waals surface area contributed by atoms with Crippen LogP contribution in [-0.4, -0.2) is 30.6 Å². The number of unbranched alkanes of at least 4 members (excludes halogenated alkanes) is 1. The lowest BCUT2D eigenvalue weighted by atomic mass is 10.2. The molecule has 0 saturated heterocycles. The molecule has 7 heteroatoms. The fraction of sp³-hybridized carbons (Fsp3) is 0.636. The van der Waals surface area contributed by atoms with Crippen LogP contribution in [0.3, 0.4) is 0 Å². The Bertz CT molecular complexity index is 334. The van der Waals surface area contributed by atoms with Gasteiger partial charge in [0.15, 0.2) is 0 Å². The largest absolute Gasteiger partial charge is 0.471 e. The highest BCUT2D eigenvalue weighted by Gasteiger charge is 2.40. The zero-order valence-corrected chi connectivity index (χ0v) is 9.93. The third-order valence-corrected chi connectivity index (χ3v) is 2.08. The third kappa shape index (κ3) is 6.13. The summed E-state index contributed by atoms with van der Waals surface area (Å²) in [5.74, 6) is -0.397. The summed E-state index contributed by atoms with van der Waals surface area (Å²) >= 11 is 0. The first kappa shape index (κ1) is 16.3. The highest BCUT2D eigenvalue weighted by molar-refractivity contribution is 5.89. The van der Waals surface area contributed by atoms with Crippen LogP contribution in [0.25, 0.3) is 0 Å². The lowest BCUT2D eigenvalue weighted by Gasteiger charge is -2.17. The molecule has 0 aliphatic carbocycles. The van der Waals surface area contributed by atoms with Gasteiger partial charge in [0.25, 0.3) is 0 Å². The Hall–Kier alpha value is -1.71. The Kier molecular flexibility index (Phi) is 6.86. The smallest absolute Gasteiger partial charge is 0.354 e. The number of nitrogens with one attached hydrogen (secondary N) is 2. The van der Waals surface area contributed by atoms with Crippen molar-refractivity contribution in [2.75, 3.05) is 6.54 Å². The van der Waals surface area contributed by atoms with E-state index in [0.29, 0.717) is 12.8 Å². The van der Waals surface area contributed by atoms with E-state index in [1.54, 1.807) is 5.32 Å². The van der Waals surface area contributed by atoms with E-state index in [1.807, 2.05) is 0 Å². The summed E-state index contributed by atoms with van der Waals surface area (Å²) in [6.07, 6.45) is 1.08. The summed E-state index contributed by atoms with van der Waals surface area (Å²) in [6.45, 7) is 1.77. The second-order valence-corrected chi connectivity index (χ2v) is 3.53. The van der Waals surface area contributed by atoms with Crippen molar-refractivity contribution in [1.29, 1.82) is 0 Å². The molecule has 0 aliphatic heterocycles. The molecule has 1 unspecified atom stereocenters. The van der Waals surface area contributed by atoms with E-state index >= 15 is 0 Å². The lowest BCUT2D eigenvalue weighted by Crippen LogP contribution is -2.50. The number of alkyl halides is 3. The maximum Gasteiger partial charge on any atom is 0.471 e. The van der Waals surface area contributed by atoms with Crippen molar-refractivity contribution in [2.24, 2.45) is 0 Å². The number of carbonyl (C=O) groups is 2. The van der Waals surface area contributed by atoms with E-state index in [4.69, 9.17) is 6.42 Å². The van der Waals surface area contributed by atoms with Gasteiger partial charge in [-0.1, -0.05) is 6.92 Å². The molecule has 1 atom stereocenters. The zero-order valence-electron chi connectivity index (χ0n) is 9.93. The van der Waals surface area contributed by atoms with Gasteiger partial charge in [0, 0.05) is 13.0 Å². The molecule has 4 nitrogen and oxygen atoms in total. The van der Waals surface area contributed by atoms with E-state index < -0.39 is 24.0 Å². The van der Waals surface area contributed by atoms with Gasteiger partial charge in [-0.2, -0.15) is 13.2 Å². The molecule has 0 aromatic carbocycles. The van der Waals surface area contributed by atoms with Gasteiger partial charge in [0.1, 0.15) is 6.04 Å². The van der Waals surface area contributed by atoms with Crippen LogP contribution in [0.1, 0.15) is 26.2 Å². The number of hydrogen-bond acceptors (Lipinski definition) is 2. The van der Waals surface area contributed by atoms with Crippen molar-refractivity contribution in [3.8, 4) is 12.3 Å². The number of rotatable bonds is 6. The summed E-state index contributed by atoms with van der Waals surface area (Å²) in [5.41, 5.74) is 0. The van der Waals surface area contributed by atoms with Crippen molar-refractivity contribution >= 4 is 11.8 Å². The monoisotopic (exact) mass is 264 g/mol. The molecule has 0 rings (SSSR count). The van der Waals surface area contributed by atoms with Gasteiger partial charge in [-0.15, -0.1) is 12.3 Å². The highest BCUT2D eigenvalue weighted by atomic mass is 19.4. The minimum absolute atomic E-state index is 0.0722. The van der Waals surface area contributed by atoms with Gasteiger partial charge < -0.3 is 10.6 Å². The number of terminal acetylenes is 1. The van der Waals surface area contributed by atoms with E-state index in [2.05, 4.69) is 11.2 Å². The zero-order chi connectivity index (χ0) is 14.2. The Balaban J connectivity index is 4.21. The summed E-state index contributed by atoms with van der Waals surface area (Å²) < 4.78 is 36.0. The van der Waals surface area contributed by atoms with Crippen molar-refractivity contribution in [3.05, 3.63) is 0 Å². The third-order valence-electron chi connectivity index (χ3n) is 2.08. The van der Waals surface area contributed by atoms with Gasteiger partial charge in [-0.25, -0.2) is 0 Å². The summed E-state index contributed by atoms with van der Waals surface area (Å²) in [7, 11) is 0. The Morgan fingerprint density at radius 1 is 1.39 bits per heavy atom. The van der Waals surface area contributed by atoms with Gasteiger partial charge in [0.2, 0.25) is 5.91 Å². The SMILES string of the molecule is C#CCCCNC(=O)C(CC)NC(=O)C(F)(F)F. The van der Waals surface area contributed by atoms with Crippen molar-refractivity contribution in [3.63, 3.8) is 0 Å². The Morgan fingerprint density at radius 3 is 2.44 bits per heavy atom. The molecule has 0 heterocycles. The molecule has 18 heavy (non-hydrogen) atoms. The number of hydrogen-bond donors (Lipinski definition) is 2. The minimum atomic E-state index is -4.99. The van der Waals surface area contributed by atoms with Gasteiger partial charge in [-0.3, -0.25) is 9.59 Å². The van der Waals surface area contributed by atoms with E-state index in [1.165, 1.54) is 6.92 Å². The molecule has 0 aromatic heterocycles. The molecule has 0 aliphatic rings. The standard InChI is InChI=1S/C11H15F3N2O2/c1-3-5-6-7-15-9(17)8(4-2)16-10(18)11(12,13)14/h1,8H,4-7H2,2H3,(H,15,17)(H,16,18). The van der Waals surface area contributed by atoms with Crippen molar-refractivity contribution < 1.29 is 22.8 Å². The minimum Gasteiger partial charge on any atom is -0.354 e. The molecule has 102 valence electrons. The first-order valence-electron chi connectivity index (χ1n) is 5.41. The maximum atomic E-state index is 12.0. The van der Waals surface area contributed by atoms with Crippen LogP contribution in [0.15, 0.2) is 0 Å². The maximum absolute atomic E-state index is 12.0. The Labute approximate surface area is 103 Å². The number of halogens is 3. The molecular formula is C11H15F3N2O2. The van der Waals surface area contributed by atoms with Gasteiger partial charge in [0.05, 0.1) is 0 Å². The number of carbonyl (C=O) groups excluding carboxylic acids is 2. The first-order valence-corrected chi connectivity index (χ1v) is 5.41. The van der Waals surface area contributed by atoms with Crippen LogP contribution < -0.4 is 10.6 Å². The molecular weight excluding hydrogens is 249 g/mol. The average Bonchev–Trinajstić information content (AvgIpc) is 2.29. The molecule has 0 bridgehead atoms. The summed E-state index contributed by atoms with van der Waals surface area (Å²) in [4.78, 5) is 22.1. The highest BCUT2D eigenvalue weighted by Crippen LogP contribution is 2.14. The van der Waals surface area contributed by atoms with Crippen molar-refractivity contribution in [2.45, 2.75) is 38.4 Å². The molecule has 2 amide bonds. The van der Waals surface area contributed by atoms with Crippen LogP contribution in [0.5, 0.6) is 0 Å². The second kappa shape index (κ2) is 7.58. The quantitative estimate of drug-likeness (QED) is 0.555. The van der Waals surface area contributed by atoms with E-state index in [9.17, 15) is 22.8 Å². The lowest BCUT2D eigenvalue weighted by molar-refractivity contribution is -0.174. The van der Waals surface area contributed by atoms with Crippen LogP contribution in [0.2, 0.25) is 0 Å². The van der Waals surface area contributed by atoms with Gasteiger partial charge in [-0.05, 0) is 12.8 Å². The van der Waals surface area contributed by atoms with Gasteiger partial charge >= 0.3 is 12.1 Å². The molecule has 0 fully saturated rings. The van der Waals surface area contributed by atoms with E-state index in [0.717, 1.165) is 0 Å². The number of amides is 2. The average molecular weight is 264 g/mol. The van der Waals surface area contributed by atoms with Crippen LogP contribution >= 0.6 is 0 Å².